The predicted octanol–water partition coefficient (Wildman–Crippen LogP) is 3.40. The molecule has 150 valence electrons. The second-order valence-corrected chi connectivity index (χ2v) is 8.29. The van der Waals surface area contributed by atoms with E-state index in [-0.39, 0.29) is 11.3 Å². The molecule has 28 heavy (non-hydrogen) atoms. The molecule has 1 saturated carbocycles. The lowest BCUT2D eigenvalue weighted by Gasteiger charge is -2.26. The van der Waals surface area contributed by atoms with Crippen molar-refractivity contribution in [3.8, 4) is 5.75 Å². The Morgan fingerprint density at radius 1 is 1.18 bits per heavy atom. The van der Waals surface area contributed by atoms with Gasteiger partial charge < -0.3 is 14.2 Å². The van der Waals surface area contributed by atoms with Crippen LogP contribution >= 0.6 is 0 Å². The highest BCUT2D eigenvalue weighted by molar-refractivity contribution is 5.85. The van der Waals surface area contributed by atoms with Gasteiger partial charge in [-0.05, 0) is 56.8 Å². The fourth-order valence-electron chi connectivity index (χ4n) is 3.91. The average Bonchev–Trinajstić information content (AvgIpc) is 3.37. The lowest BCUT2D eigenvalue weighted by molar-refractivity contribution is -0.136. The first-order chi connectivity index (χ1) is 13.5. The third-order valence-corrected chi connectivity index (χ3v) is 5.75. The molecule has 1 aromatic carbocycles. The molecule has 0 radical (unpaired) electrons. The number of ether oxygens (including phenoxy) is 1. The minimum Gasteiger partial charge on any atom is -0.492 e. The molecule has 1 fully saturated rings. The second kappa shape index (κ2) is 7.95. The molecule has 2 bridgehead atoms. The number of benzene rings is 1. The zero-order chi connectivity index (χ0) is 19.6. The van der Waals surface area contributed by atoms with Crippen molar-refractivity contribution in [2.75, 3.05) is 26.7 Å². The smallest absolute Gasteiger partial charge is 0.231 e. The Hall–Kier alpha value is -2.34. The van der Waals surface area contributed by atoms with Crippen LogP contribution in [0, 0.1) is 12.3 Å². The fourth-order valence-corrected chi connectivity index (χ4v) is 3.91. The number of carbonyl (C=O) groups is 1. The minimum atomic E-state index is -0.300. The maximum Gasteiger partial charge on any atom is 0.231 e. The SMILES string of the molecule is Cc1cc(CN2CCCCN(C)C(=O)C3(CC3)COc3cccc(c3)C2)no1. The number of rotatable bonds is 2. The predicted molar refractivity (Wildman–Crippen MR) is 106 cm³/mol. The summed E-state index contributed by atoms with van der Waals surface area (Å²) in [6.45, 7) is 5.72. The van der Waals surface area contributed by atoms with E-state index in [0.717, 1.165) is 69.1 Å². The zero-order valence-corrected chi connectivity index (χ0v) is 16.8. The average molecular weight is 383 g/mol. The van der Waals surface area contributed by atoms with E-state index in [4.69, 9.17) is 9.26 Å². The van der Waals surface area contributed by atoms with Gasteiger partial charge in [-0.2, -0.15) is 0 Å². The summed E-state index contributed by atoms with van der Waals surface area (Å²) in [5, 5.41) is 4.15. The third-order valence-electron chi connectivity index (χ3n) is 5.75. The molecule has 0 atom stereocenters. The summed E-state index contributed by atoms with van der Waals surface area (Å²) in [5.41, 5.74) is 1.86. The Balaban J connectivity index is 1.52. The Bertz CT molecular complexity index is 828. The summed E-state index contributed by atoms with van der Waals surface area (Å²) in [4.78, 5) is 17.1. The van der Waals surface area contributed by atoms with E-state index in [9.17, 15) is 4.79 Å². The summed E-state index contributed by atoms with van der Waals surface area (Å²) < 4.78 is 11.3. The van der Waals surface area contributed by atoms with Gasteiger partial charge in [-0.1, -0.05) is 17.3 Å². The summed E-state index contributed by atoms with van der Waals surface area (Å²) in [5.74, 6) is 1.91. The number of fused-ring (bicyclic) bond motifs is 2. The highest BCUT2D eigenvalue weighted by Gasteiger charge is 2.52. The van der Waals surface area contributed by atoms with Crippen molar-refractivity contribution in [1.29, 1.82) is 0 Å². The first-order valence-electron chi connectivity index (χ1n) is 10.2. The van der Waals surface area contributed by atoms with Crippen molar-refractivity contribution in [2.24, 2.45) is 5.41 Å². The first-order valence-corrected chi connectivity index (χ1v) is 10.2. The van der Waals surface area contributed by atoms with Crippen LogP contribution in [0.4, 0.5) is 0 Å². The molecule has 0 unspecified atom stereocenters. The molecule has 2 aromatic rings. The molecule has 1 spiro atoms. The highest BCUT2D eigenvalue weighted by Crippen LogP contribution is 2.47. The van der Waals surface area contributed by atoms with Crippen LogP contribution in [0.2, 0.25) is 0 Å². The summed E-state index contributed by atoms with van der Waals surface area (Å²) in [6.07, 6.45) is 3.90. The molecule has 1 aromatic heterocycles. The molecular weight excluding hydrogens is 354 g/mol. The lowest BCUT2D eigenvalue weighted by atomic mass is 10.1. The van der Waals surface area contributed by atoms with Crippen molar-refractivity contribution in [3.05, 3.63) is 47.3 Å². The number of hydrogen-bond acceptors (Lipinski definition) is 5. The summed E-state index contributed by atoms with van der Waals surface area (Å²) in [6, 6.07) is 10.2. The third kappa shape index (κ3) is 4.38. The van der Waals surface area contributed by atoms with Gasteiger partial charge in [-0.25, -0.2) is 0 Å². The molecule has 6 heteroatoms. The van der Waals surface area contributed by atoms with E-state index in [1.54, 1.807) is 0 Å². The van der Waals surface area contributed by atoms with E-state index in [1.807, 2.05) is 37.1 Å². The van der Waals surface area contributed by atoms with E-state index in [0.29, 0.717) is 6.61 Å². The number of amides is 1. The lowest BCUT2D eigenvalue weighted by Crippen LogP contribution is -2.38. The van der Waals surface area contributed by atoms with Gasteiger partial charge in [0.25, 0.3) is 0 Å². The van der Waals surface area contributed by atoms with Crippen molar-refractivity contribution in [2.45, 2.75) is 45.7 Å². The number of aromatic nitrogens is 1. The van der Waals surface area contributed by atoms with Crippen molar-refractivity contribution in [3.63, 3.8) is 0 Å². The van der Waals surface area contributed by atoms with Crippen LogP contribution < -0.4 is 4.74 Å². The Kier molecular flexibility index (Phi) is 5.40. The number of hydrogen-bond donors (Lipinski definition) is 0. The van der Waals surface area contributed by atoms with Crippen LogP contribution in [0.1, 0.15) is 42.7 Å². The van der Waals surface area contributed by atoms with Crippen molar-refractivity contribution >= 4 is 5.91 Å². The quantitative estimate of drug-likeness (QED) is 0.796. The number of nitrogens with zero attached hydrogens (tertiary/aromatic N) is 3. The van der Waals surface area contributed by atoms with Gasteiger partial charge in [0.05, 0.1) is 11.1 Å². The molecule has 0 N–H and O–H groups in total. The molecule has 6 nitrogen and oxygen atoms in total. The van der Waals surface area contributed by atoms with Crippen LogP contribution in [0.15, 0.2) is 34.9 Å². The van der Waals surface area contributed by atoms with Crippen LogP contribution in [-0.2, 0) is 17.9 Å². The molecule has 2 heterocycles. The maximum absolute atomic E-state index is 12.8. The van der Waals surface area contributed by atoms with E-state index in [1.165, 1.54) is 5.56 Å². The largest absolute Gasteiger partial charge is 0.492 e. The van der Waals surface area contributed by atoms with Gasteiger partial charge in [0.15, 0.2) is 0 Å². The number of carbonyl (C=O) groups excluding carboxylic acids is 1. The Labute approximate surface area is 166 Å². The van der Waals surface area contributed by atoms with Gasteiger partial charge in [-0.3, -0.25) is 9.69 Å². The maximum atomic E-state index is 12.8. The molecule has 1 amide bonds. The van der Waals surface area contributed by atoms with Crippen molar-refractivity contribution in [1.82, 2.24) is 15.0 Å². The first kappa shape index (κ1) is 19.0. The van der Waals surface area contributed by atoms with Gasteiger partial charge in [0.2, 0.25) is 5.91 Å². The minimum absolute atomic E-state index is 0.232. The van der Waals surface area contributed by atoms with Gasteiger partial charge >= 0.3 is 0 Å². The normalized spacial score (nSPS) is 20.6. The molecule has 0 saturated heterocycles. The standard InChI is InChI=1S/C22H29N3O3/c1-17-12-19(23-28-17)15-25-11-4-3-10-24(2)21(26)22(8-9-22)16-27-20-7-5-6-18(13-20)14-25/h5-7,12-13H,3-4,8-11,14-16H2,1-2H3. The molecular formula is C22H29N3O3. The van der Waals surface area contributed by atoms with Gasteiger partial charge in [0.1, 0.15) is 18.1 Å². The highest BCUT2D eigenvalue weighted by atomic mass is 16.5. The van der Waals surface area contributed by atoms with E-state index < -0.39 is 0 Å². The van der Waals surface area contributed by atoms with Crippen LogP contribution in [0.3, 0.4) is 0 Å². The summed E-state index contributed by atoms with van der Waals surface area (Å²) in [7, 11) is 1.92. The molecule has 1 aliphatic carbocycles. The fraction of sp³-hybridized carbons (Fsp3) is 0.545. The second-order valence-electron chi connectivity index (χ2n) is 8.29. The summed E-state index contributed by atoms with van der Waals surface area (Å²) >= 11 is 0. The van der Waals surface area contributed by atoms with Crippen LogP contribution in [-0.4, -0.2) is 47.6 Å². The zero-order valence-electron chi connectivity index (χ0n) is 16.8. The Morgan fingerprint density at radius 2 is 2.00 bits per heavy atom. The van der Waals surface area contributed by atoms with Crippen LogP contribution in [0.5, 0.6) is 5.75 Å². The molecule has 1 aliphatic heterocycles. The van der Waals surface area contributed by atoms with Gasteiger partial charge in [-0.15, -0.1) is 0 Å². The van der Waals surface area contributed by atoms with E-state index >= 15 is 0 Å². The van der Waals surface area contributed by atoms with Crippen LogP contribution in [0.25, 0.3) is 0 Å². The molecule has 2 aliphatic rings. The van der Waals surface area contributed by atoms with Crippen molar-refractivity contribution < 1.29 is 14.1 Å². The molecule has 4 rings (SSSR count). The van der Waals surface area contributed by atoms with E-state index in [2.05, 4.69) is 22.2 Å². The Morgan fingerprint density at radius 3 is 2.75 bits per heavy atom. The topological polar surface area (TPSA) is 58.8 Å². The monoisotopic (exact) mass is 383 g/mol. The number of aryl methyl sites for hydroxylation is 1. The van der Waals surface area contributed by atoms with Gasteiger partial charge in [0, 0.05) is 32.7 Å².